The molecular weight excluding hydrogens is 310 g/mol. The summed E-state index contributed by atoms with van der Waals surface area (Å²) in [6.07, 6.45) is 5.14. The molecule has 25 heavy (non-hydrogen) atoms. The second kappa shape index (κ2) is 6.91. The fourth-order valence-electron chi connectivity index (χ4n) is 4.57. The summed E-state index contributed by atoms with van der Waals surface area (Å²) in [7, 11) is 1.69. The summed E-state index contributed by atoms with van der Waals surface area (Å²) in [4.78, 5) is 15.4. The van der Waals surface area contributed by atoms with Crippen molar-refractivity contribution in [2.24, 2.45) is 5.92 Å². The van der Waals surface area contributed by atoms with Crippen LogP contribution in [0.1, 0.15) is 43.7 Å². The normalized spacial score (nSPS) is 26.2. The monoisotopic (exact) mass is 335 g/mol. The molecule has 3 atom stereocenters. The van der Waals surface area contributed by atoms with Gasteiger partial charge in [-0.25, -0.2) is 0 Å². The number of ketones is 1. The molecule has 1 saturated carbocycles. The van der Waals surface area contributed by atoms with Gasteiger partial charge in [-0.3, -0.25) is 4.79 Å². The lowest BCUT2D eigenvalue weighted by Crippen LogP contribution is -2.52. The molecule has 1 heterocycles. The highest BCUT2D eigenvalue weighted by atomic mass is 16.5. The van der Waals surface area contributed by atoms with E-state index >= 15 is 0 Å². The maximum Gasteiger partial charge on any atom is 0.140 e. The highest BCUT2D eigenvalue weighted by molar-refractivity contribution is 5.85. The van der Waals surface area contributed by atoms with Crippen molar-refractivity contribution in [2.75, 3.05) is 12.0 Å². The second-order valence-corrected chi connectivity index (χ2v) is 7.16. The molecule has 2 aromatic rings. The van der Waals surface area contributed by atoms with Gasteiger partial charge in [0, 0.05) is 24.1 Å². The number of carbonyl (C=O) groups is 1. The smallest absolute Gasteiger partial charge is 0.140 e. The van der Waals surface area contributed by atoms with Gasteiger partial charge < -0.3 is 9.64 Å². The predicted octanol–water partition coefficient (Wildman–Crippen LogP) is 4.77. The van der Waals surface area contributed by atoms with Crippen molar-refractivity contribution in [3.8, 4) is 5.75 Å². The molecular formula is C22H25NO2. The third-order valence-corrected chi connectivity index (χ3v) is 5.79. The summed E-state index contributed by atoms with van der Waals surface area (Å²) in [5.41, 5.74) is 2.43. The number of hydrogen-bond acceptors (Lipinski definition) is 3. The maximum atomic E-state index is 12.8. The van der Waals surface area contributed by atoms with Crippen LogP contribution in [-0.4, -0.2) is 18.9 Å². The van der Waals surface area contributed by atoms with Gasteiger partial charge in [0.15, 0.2) is 0 Å². The Morgan fingerprint density at radius 3 is 2.40 bits per heavy atom. The first-order valence-corrected chi connectivity index (χ1v) is 9.28. The van der Waals surface area contributed by atoms with Crippen LogP contribution in [0.4, 0.5) is 5.69 Å². The first-order valence-electron chi connectivity index (χ1n) is 9.28. The van der Waals surface area contributed by atoms with Crippen LogP contribution in [0.25, 0.3) is 0 Å². The number of fused-ring (bicyclic) bond motifs is 1. The summed E-state index contributed by atoms with van der Waals surface area (Å²) >= 11 is 0. The van der Waals surface area contributed by atoms with Crippen molar-refractivity contribution in [1.82, 2.24) is 0 Å². The fraction of sp³-hybridized carbons (Fsp3) is 0.409. The quantitative estimate of drug-likeness (QED) is 0.809. The van der Waals surface area contributed by atoms with E-state index in [2.05, 4.69) is 41.3 Å². The zero-order valence-corrected chi connectivity index (χ0v) is 14.7. The Morgan fingerprint density at radius 1 is 0.960 bits per heavy atom. The van der Waals surface area contributed by atoms with Crippen LogP contribution in [0, 0.1) is 5.92 Å². The van der Waals surface area contributed by atoms with Crippen LogP contribution in [-0.2, 0) is 4.79 Å². The van der Waals surface area contributed by atoms with E-state index < -0.39 is 0 Å². The molecule has 0 amide bonds. The van der Waals surface area contributed by atoms with Crippen molar-refractivity contribution in [2.45, 2.75) is 44.2 Å². The van der Waals surface area contributed by atoms with Crippen molar-refractivity contribution >= 4 is 11.5 Å². The Hall–Kier alpha value is -2.29. The van der Waals surface area contributed by atoms with Gasteiger partial charge in [0.25, 0.3) is 0 Å². The van der Waals surface area contributed by atoms with Crippen molar-refractivity contribution < 1.29 is 9.53 Å². The summed E-state index contributed by atoms with van der Waals surface area (Å²) in [6, 6.07) is 19.2. The molecule has 3 nitrogen and oxygen atoms in total. The van der Waals surface area contributed by atoms with Crippen LogP contribution in [0.15, 0.2) is 54.6 Å². The fourth-order valence-corrected chi connectivity index (χ4v) is 4.57. The SMILES string of the molecule is COc1ccc(N2[C@@H](c3ccccc3)CC(=O)[C@@H]3CCCC[C@H]32)cc1. The Morgan fingerprint density at radius 2 is 1.68 bits per heavy atom. The molecule has 0 unspecified atom stereocenters. The van der Waals surface area contributed by atoms with E-state index in [-0.39, 0.29) is 12.0 Å². The first kappa shape index (κ1) is 16.2. The Balaban J connectivity index is 1.76. The van der Waals surface area contributed by atoms with Gasteiger partial charge in [-0.2, -0.15) is 0 Å². The van der Waals surface area contributed by atoms with Gasteiger partial charge in [-0.05, 0) is 42.7 Å². The highest BCUT2D eigenvalue weighted by Gasteiger charge is 2.43. The lowest BCUT2D eigenvalue weighted by atomic mass is 9.74. The van der Waals surface area contributed by atoms with E-state index in [1.165, 1.54) is 24.1 Å². The number of rotatable bonds is 3. The Labute approximate surface area is 149 Å². The lowest BCUT2D eigenvalue weighted by Gasteiger charge is -2.49. The minimum atomic E-state index is 0.126. The minimum absolute atomic E-state index is 0.126. The summed E-state index contributed by atoms with van der Waals surface area (Å²) < 4.78 is 5.32. The minimum Gasteiger partial charge on any atom is -0.497 e. The topological polar surface area (TPSA) is 29.5 Å². The molecule has 4 rings (SSSR count). The molecule has 2 aromatic carbocycles. The Kier molecular flexibility index (Phi) is 4.48. The molecule has 1 aliphatic heterocycles. The second-order valence-electron chi connectivity index (χ2n) is 7.16. The van der Waals surface area contributed by atoms with Crippen LogP contribution < -0.4 is 9.64 Å². The number of hydrogen-bond donors (Lipinski definition) is 0. The van der Waals surface area contributed by atoms with Crippen molar-refractivity contribution in [3.63, 3.8) is 0 Å². The molecule has 1 aliphatic carbocycles. The van der Waals surface area contributed by atoms with Crippen molar-refractivity contribution in [3.05, 3.63) is 60.2 Å². The largest absolute Gasteiger partial charge is 0.497 e. The number of nitrogens with zero attached hydrogens (tertiary/aromatic N) is 1. The number of carbonyl (C=O) groups excluding carboxylic acids is 1. The molecule has 0 bridgehead atoms. The van der Waals surface area contributed by atoms with Crippen molar-refractivity contribution in [1.29, 1.82) is 0 Å². The van der Waals surface area contributed by atoms with Crippen LogP contribution >= 0.6 is 0 Å². The van der Waals surface area contributed by atoms with Crippen LogP contribution in [0.5, 0.6) is 5.75 Å². The predicted molar refractivity (Wildman–Crippen MR) is 100 cm³/mol. The molecule has 0 aromatic heterocycles. The molecule has 0 spiro atoms. The Bertz CT molecular complexity index is 725. The molecule has 0 radical (unpaired) electrons. The molecule has 3 heteroatoms. The molecule has 2 aliphatic rings. The number of piperidine rings is 1. The third-order valence-electron chi connectivity index (χ3n) is 5.79. The van der Waals surface area contributed by atoms with Gasteiger partial charge >= 0.3 is 0 Å². The third kappa shape index (κ3) is 3.04. The highest BCUT2D eigenvalue weighted by Crippen LogP contribution is 2.44. The van der Waals surface area contributed by atoms with Crippen LogP contribution in [0.3, 0.4) is 0 Å². The van der Waals surface area contributed by atoms with Crippen LogP contribution in [0.2, 0.25) is 0 Å². The maximum absolute atomic E-state index is 12.8. The van der Waals surface area contributed by atoms with E-state index in [4.69, 9.17) is 4.74 Å². The van der Waals surface area contributed by atoms with E-state index in [1.807, 2.05) is 18.2 Å². The van der Waals surface area contributed by atoms with Gasteiger partial charge in [0.05, 0.1) is 13.2 Å². The number of methoxy groups -OCH3 is 1. The van der Waals surface area contributed by atoms with Gasteiger partial charge in [0.1, 0.15) is 11.5 Å². The zero-order chi connectivity index (χ0) is 17.2. The average Bonchev–Trinajstić information content (AvgIpc) is 2.69. The van der Waals surface area contributed by atoms with Gasteiger partial charge in [-0.15, -0.1) is 0 Å². The molecule has 0 N–H and O–H groups in total. The summed E-state index contributed by atoms with van der Waals surface area (Å²) in [5.74, 6) is 1.51. The average molecular weight is 335 g/mol. The number of anilines is 1. The zero-order valence-electron chi connectivity index (χ0n) is 14.7. The standard InChI is InChI=1S/C22H25NO2/c1-25-18-13-11-17(12-14-18)23-20-10-6-5-9-19(20)22(24)15-21(23)16-7-3-2-4-8-16/h2-4,7-8,11-14,19-21H,5-6,9-10,15H2,1H3/t19-,20-,21-/m1/s1. The molecule has 2 fully saturated rings. The van der Waals surface area contributed by atoms with E-state index in [1.54, 1.807) is 7.11 Å². The van der Waals surface area contributed by atoms with E-state index in [9.17, 15) is 4.79 Å². The number of benzene rings is 2. The van der Waals surface area contributed by atoms with Gasteiger partial charge in [-0.1, -0.05) is 43.2 Å². The number of Topliss-reactive ketones (excluding diaryl/α,β-unsaturated/α-hetero) is 1. The summed E-state index contributed by atoms with van der Waals surface area (Å²) in [6.45, 7) is 0. The lowest BCUT2D eigenvalue weighted by molar-refractivity contribution is -0.126. The summed E-state index contributed by atoms with van der Waals surface area (Å²) in [5, 5.41) is 0. The number of ether oxygens (including phenoxy) is 1. The first-order chi connectivity index (χ1) is 12.3. The van der Waals surface area contributed by atoms with E-state index in [0.29, 0.717) is 18.2 Å². The molecule has 1 saturated heterocycles. The van der Waals surface area contributed by atoms with E-state index in [0.717, 1.165) is 18.6 Å². The molecule has 130 valence electrons. The van der Waals surface area contributed by atoms with Gasteiger partial charge in [0.2, 0.25) is 0 Å².